The van der Waals surface area contributed by atoms with Gasteiger partial charge in [0.1, 0.15) is 0 Å². The van der Waals surface area contributed by atoms with Gasteiger partial charge in [0.2, 0.25) is 11.8 Å². The van der Waals surface area contributed by atoms with Crippen molar-refractivity contribution in [3.63, 3.8) is 0 Å². The van der Waals surface area contributed by atoms with E-state index in [0.29, 0.717) is 5.69 Å². The highest BCUT2D eigenvalue weighted by Gasteiger charge is 2.11. The van der Waals surface area contributed by atoms with Gasteiger partial charge in [0, 0.05) is 26.7 Å². The standard InChI is InChI=1S/C15H19N3O5/c1-10(19)17-12-6-4-11(5-7-12)15(22)23-9-13(20)16-8-14(21)18(2)3/h4-7H,8-9H2,1-3H3,(H,16,20)(H,17,19). The maximum Gasteiger partial charge on any atom is 0.338 e. The third-order valence-electron chi connectivity index (χ3n) is 2.71. The lowest BCUT2D eigenvalue weighted by Gasteiger charge is -2.11. The number of carbonyl (C=O) groups excluding carboxylic acids is 4. The summed E-state index contributed by atoms with van der Waals surface area (Å²) < 4.78 is 4.84. The molecule has 2 N–H and O–H groups in total. The summed E-state index contributed by atoms with van der Waals surface area (Å²) in [4.78, 5) is 46.8. The van der Waals surface area contributed by atoms with Crippen molar-refractivity contribution in [2.75, 3.05) is 32.6 Å². The summed E-state index contributed by atoms with van der Waals surface area (Å²) in [5.41, 5.74) is 0.797. The van der Waals surface area contributed by atoms with E-state index >= 15 is 0 Å². The topological polar surface area (TPSA) is 105 Å². The van der Waals surface area contributed by atoms with Gasteiger partial charge in [0.15, 0.2) is 6.61 Å². The summed E-state index contributed by atoms with van der Waals surface area (Å²) in [7, 11) is 3.14. The lowest BCUT2D eigenvalue weighted by molar-refractivity contribution is -0.131. The summed E-state index contributed by atoms with van der Waals surface area (Å²) >= 11 is 0. The second kappa shape index (κ2) is 8.52. The average molecular weight is 321 g/mol. The maximum absolute atomic E-state index is 11.8. The summed E-state index contributed by atoms with van der Waals surface area (Å²) in [6.45, 7) is 0.740. The molecule has 0 bridgehead atoms. The molecule has 0 radical (unpaired) electrons. The van der Waals surface area contributed by atoms with Gasteiger partial charge in [-0.05, 0) is 24.3 Å². The van der Waals surface area contributed by atoms with Crippen LogP contribution in [0.5, 0.6) is 0 Å². The van der Waals surface area contributed by atoms with Crippen molar-refractivity contribution in [1.82, 2.24) is 10.2 Å². The van der Waals surface area contributed by atoms with Gasteiger partial charge in [-0.25, -0.2) is 4.79 Å². The van der Waals surface area contributed by atoms with Crippen molar-refractivity contribution in [1.29, 1.82) is 0 Å². The van der Waals surface area contributed by atoms with Gasteiger partial charge in [0.05, 0.1) is 12.1 Å². The van der Waals surface area contributed by atoms with Gasteiger partial charge >= 0.3 is 5.97 Å². The number of rotatable bonds is 6. The first-order valence-corrected chi connectivity index (χ1v) is 6.81. The Kier molecular flexibility index (Phi) is 6.72. The van der Waals surface area contributed by atoms with Crippen LogP contribution in [-0.4, -0.2) is 55.8 Å². The molecule has 1 rings (SSSR count). The molecule has 0 spiro atoms. The normalized spacial score (nSPS) is 9.70. The van der Waals surface area contributed by atoms with E-state index in [9.17, 15) is 19.2 Å². The molecule has 8 nitrogen and oxygen atoms in total. The largest absolute Gasteiger partial charge is 0.452 e. The Balaban J connectivity index is 2.42. The number of ether oxygens (including phenoxy) is 1. The van der Waals surface area contributed by atoms with Crippen LogP contribution in [0, 0.1) is 0 Å². The molecule has 0 saturated carbocycles. The highest BCUT2D eigenvalue weighted by atomic mass is 16.5. The van der Waals surface area contributed by atoms with Crippen LogP contribution in [0.1, 0.15) is 17.3 Å². The van der Waals surface area contributed by atoms with Crippen LogP contribution in [0.3, 0.4) is 0 Å². The smallest absolute Gasteiger partial charge is 0.338 e. The summed E-state index contributed by atoms with van der Waals surface area (Å²) in [5, 5.41) is 4.91. The number of anilines is 1. The van der Waals surface area contributed by atoms with E-state index in [1.165, 1.54) is 24.0 Å². The zero-order valence-electron chi connectivity index (χ0n) is 13.2. The molecular weight excluding hydrogens is 302 g/mol. The number of hydrogen-bond acceptors (Lipinski definition) is 5. The fourth-order valence-electron chi connectivity index (χ4n) is 1.49. The van der Waals surface area contributed by atoms with E-state index in [1.54, 1.807) is 26.2 Å². The average Bonchev–Trinajstić information content (AvgIpc) is 2.50. The molecule has 23 heavy (non-hydrogen) atoms. The van der Waals surface area contributed by atoms with Crippen LogP contribution in [-0.2, 0) is 19.1 Å². The van der Waals surface area contributed by atoms with Crippen LogP contribution in [0.2, 0.25) is 0 Å². The highest BCUT2D eigenvalue weighted by Crippen LogP contribution is 2.10. The monoisotopic (exact) mass is 321 g/mol. The SMILES string of the molecule is CC(=O)Nc1ccc(C(=O)OCC(=O)NCC(=O)N(C)C)cc1. The van der Waals surface area contributed by atoms with E-state index in [0.717, 1.165) is 0 Å². The van der Waals surface area contributed by atoms with Gasteiger partial charge < -0.3 is 20.3 Å². The van der Waals surface area contributed by atoms with Crippen LogP contribution in [0.4, 0.5) is 5.69 Å². The lowest BCUT2D eigenvalue weighted by atomic mass is 10.2. The Morgan fingerprint density at radius 1 is 1.09 bits per heavy atom. The van der Waals surface area contributed by atoms with Crippen molar-refractivity contribution >= 4 is 29.4 Å². The molecule has 0 aliphatic carbocycles. The summed E-state index contributed by atoms with van der Waals surface area (Å²) in [5.74, 6) is -1.72. The van der Waals surface area contributed by atoms with E-state index in [1.807, 2.05) is 0 Å². The van der Waals surface area contributed by atoms with Gasteiger partial charge in [0.25, 0.3) is 5.91 Å². The second-order valence-electron chi connectivity index (χ2n) is 4.90. The first kappa shape index (κ1) is 18.1. The third kappa shape index (κ3) is 6.60. The molecule has 3 amide bonds. The molecule has 8 heteroatoms. The number of likely N-dealkylation sites (N-methyl/N-ethyl adjacent to an activating group) is 1. The molecule has 0 saturated heterocycles. The predicted octanol–water partition coefficient (Wildman–Crippen LogP) is 0.00620. The number of benzene rings is 1. The number of nitrogens with zero attached hydrogens (tertiary/aromatic N) is 1. The van der Waals surface area contributed by atoms with E-state index in [4.69, 9.17) is 4.74 Å². The first-order chi connectivity index (χ1) is 10.8. The number of hydrogen-bond donors (Lipinski definition) is 2. The van der Waals surface area contributed by atoms with Crippen LogP contribution in [0.25, 0.3) is 0 Å². The molecule has 0 heterocycles. The van der Waals surface area contributed by atoms with Crippen molar-refractivity contribution < 1.29 is 23.9 Å². The molecule has 0 fully saturated rings. The quantitative estimate of drug-likeness (QED) is 0.718. The van der Waals surface area contributed by atoms with Gasteiger partial charge in [-0.1, -0.05) is 0 Å². The number of nitrogens with one attached hydrogen (secondary N) is 2. The molecular formula is C15H19N3O5. The van der Waals surface area contributed by atoms with Crippen molar-refractivity contribution in [3.8, 4) is 0 Å². The van der Waals surface area contributed by atoms with Crippen molar-refractivity contribution in [2.24, 2.45) is 0 Å². The molecule has 0 unspecified atom stereocenters. The summed E-state index contributed by atoms with van der Waals surface area (Å²) in [6, 6.07) is 6.05. The van der Waals surface area contributed by atoms with E-state index in [-0.39, 0.29) is 23.9 Å². The predicted molar refractivity (Wildman–Crippen MR) is 82.7 cm³/mol. The van der Waals surface area contributed by atoms with Crippen LogP contribution in [0.15, 0.2) is 24.3 Å². The molecule has 0 aromatic heterocycles. The number of esters is 1. The third-order valence-corrected chi connectivity index (χ3v) is 2.71. The van der Waals surface area contributed by atoms with Crippen LogP contribution < -0.4 is 10.6 Å². The zero-order valence-corrected chi connectivity index (χ0v) is 13.2. The zero-order chi connectivity index (χ0) is 17.4. The molecule has 0 aliphatic rings. The minimum atomic E-state index is -0.673. The number of amides is 3. The second-order valence-corrected chi connectivity index (χ2v) is 4.90. The Bertz CT molecular complexity index is 596. The first-order valence-electron chi connectivity index (χ1n) is 6.81. The van der Waals surface area contributed by atoms with Gasteiger partial charge in [-0.3, -0.25) is 14.4 Å². The Morgan fingerprint density at radius 3 is 2.22 bits per heavy atom. The maximum atomic E-state index is 11.8. The molecule has 1 aromatic rings. The van der Waals surface area contributed by atoms with Crippen molar-refractivity contribution in [2.45, 2.75) is 6.92 Å². The molecule has 1 aromatic carbocycles. The van der Waals surface area contributed by atoms with E-state index in [2.05, 4.69) is 10.6 Å². The number of carbonyl (C=O) groups is 4. The fraction of sp³-hybridized carbons (Fsp3) is 0.333. The molecule has 0 atom stereocenters. The Labute approximate surface area is 133 Å². The lowest BCUT2D eigenvalue weighted by Crippen LogP contribution is -2.38. The summed E-state index contributed by atoms with van der Waals surface area (Å²) in [6.07, 6.45) is 0. The molecule has 0 aliphatic heterocycles. The van der Waals surface area contributed by atoms with E-state index < -0.39 is 18.5 Å². The van der Waals surface area contributed by atoms with Crippen LogP contribution >= 0.6 is 0 Å². The Hall–Kier alpha value is -2.90. The van der Waals surface area contributed by atoms with Gasteiger partial charge in [-0.15, -0.1) is 0 Å². The Morgan fingerprint density at radius 2 is 1.70 bits per heavy atom. The fourth-order valence-corrected chi connectivity index (χ4v) is 1.49. The van der Waals surface area contributed by atoms with Crippen molar-refractivity contribution in [3.05, 3.63) is 29.8 Å². The minimum absolute atomic E-state index is 0.158. The molecule has 124 valence electrons. The minimum Gasteiger partial charge on any atom is -0.452 e. The van der Waals surface area contributed by atoms with Gasteiger partial charge in [-0.2, -0.15) is 0 Å². The highest BCUT2D eigenvalue weighted by molar-refractivity contribution is 5.93.